The van der Waals surface area contributed by atoms with E-state index in [-0.39, 0.29) is 5.91 Å². The summed E-state index contributed by atoms with van der Waals surface area (Å²) in [5.74, 6) is 0.971. The number of nitrogens with zero attached hydrogens (tertiary/aromatic N) is 4. The molecule has 1 aliphatic rings. The van der Waals surface area contributed by atoms with E-state index in [2.05, 4.69) is 25.3 Å². The topological polar surface area (TPSA) is 74.5 Å². The van der Waals surface area contributed by atoms with E-state index in [1.807, 2.05) is 30.3 Å². The van der Waals surface area contributed by atoms with Crippen molar-refractivity contribution in [2.24, 2.45) is 0 Å². The van der Waals surface area contributed by atoms with Gasteiger partial charge >= 0.3 is 0 Å². The molecule has 9 heteroatoms. The predicted molar refractivity (Wildman–Crippen MR) is 117 cm³/mol. The van der Waals surface area contributed by atoms with E-state index in [9.17, 15) is 4.79 Å². The van der Waals surface area contributed by atoms with Gasteiger partial charge in [-0.3, -0.25) is 14.6 Å². The fourth-order valence-electron chi connectivity index (χ4n) is 3.32. The van der Waals surface area contributed by atoms with E-state index in [1.165, 1.54) is 0 Å². The fourth-order valence-corrected chi connectivity index (χ4v) is 3.73. The van der Waals surface area contributed by atoms with Crippen molar-refractivity contribution in [1.82, 2.24) is 19.9 Å². The van der Waals surface area contributed by atoms with Crippen LogP contribution in [0.5, 0.6) is 0 Å². The molecular formula is C21H21Cl2N5O2. The molecule has 156 valence electrons. The van der Waals surface area contributed by atoms with Crippen LogP contribution in [0.3, 0.4) is 0 Å². The largest absolute Gasteiger partial charge is 0.338 e. The molecule has 30 heavy (non-hydrogen) atoms. The lowest BCUT2D eigenvalue weighted by Crippen LogP contribution is -2.48. The molecule has 1 amide bonds. The summed E-state index contributed by atoms with van der Waals surface area (Å²) in [6.07, 6.45) is 0. The minimum Gasteiger partial charge on any atom is -0.338 e. The maximum absolute atomic E-state index is 12.3. The summed E-state index contributed by atoms with van der Waals surface area (Å²) in [7, 11) is 0. The zero-order chi connectivity index (χ0) is 20.9. The third kappa shape index (κ3) is 5.17. The summed E-state index contributed by atoms with van der Waals surface area (Å²) in [5.41, 5.74) is 1.39. The predicted octanol–water partition coefficient (Wildman–Crippen LogP) is 3.80. The van der Waals surface area contributed by atoms with E-state index in [1.54, 1.807) is 18.2 Å². The monoisotopic (exact) mass is 445 g/mol. The van der Waals surface area contributed by atoms with Gasteiger partial charge in [0.1, 0.15) is 0 Å². The Morgan fingerprint density at radius 3 is 2.37 bits per heavy atom. The van der Waals surface area contributed by atoms with Crippen LogP contribution < -0.4 is 5.32 Å². The molecule has 0 aliphatic carbocycles. The summed E-state index contributed by atoms with van der Waals surface area (Å²) in [6.45, 7) is 4.07. The van der Waals surface area contributed by atoms with Gasteiger partial charge in [-0.05, 0) is 24.3 Å². The molecule has 1 fully saturated rings. The smallest absolute Gasteiger partial charge is 0.241 e. The lowest BCUT2D eigenvalue weighted by Gasteiger charge is -2.33. The molecule has 4 rings (SSSR count). The average Bonchev–Trinajstić information content (AvgIpc) is 3.20. The number of carbonyl (C=O) groups is 1. The Hall–Kier alpha value is -2.45. The Morgan fingerprint density at radius 2 is 1.63 bits per heavy atom. The summed E-state index contributed by atoms with van der Waals surface area (Å²) in [4.78, 5) is 21.1. The number of rotatable bonds is 6. The SMILES string of the molecule is O=C(CN1CCN(Cc2nc(-c3ccccc3Cl)no2)CC1)Nc1ccccc1Cl. The molecule has 1 aromatic heterocycles. The number of hydrogen-bond acceptors (Lipinski definition) is 6. The molecule has 0 unspecified atom stereocenters. The summed E-state index contributed by atoms with van der Waals surface area (Å²) >= 11 is 12.3. The summed E-state index contributed by atoms with van der Waals surface area (Å²) in [5, 5.41) is 8.03. The van der Waals surface area contributed by atoms with Gasteiger partial charge in [0.25, 0.3) is 0 Å². The Morgan fingerprint density at radius 1 is 0.967 bits per heavy atom. The van der Waals surface area contributed by atoms with E-state index < -0.39 is 0 Å². The number of aromatic nitrogens is 2. The van der Waals surface area contributed by atoms with Gasteiger partial charge in [-0.15, -0.1) is 0 Å². The fraction of sp³-hybridized carbons (Fsp3) is 0.286. The molecule has 1 saturated heterocycles. The number of amides is 1. The summed E-state index contributed by atoms with van der Waals surface area (Å²) in [6, 6.07) is 14.6. The van der Waals surface area contributed by atoms with Crippen LogP contribution in [0.15, 0.2) is 53.1 Å². The van der Waals surface area contributed by atoms with E-state index >= 15 is 0 Å². The van der Waals surface area contributed by atoms with Crippen LogP contribution >= 0.6 is 23.2 Å². The molecular weight excluding hydrogens is 425 g/mol. The Labute approximate surface area is 184 Å². The first-order chi connectivity index (χ1) is 14.6. The van der Waals surface area contributed by atoms with Crippen molar-refractivity contribution < 1.29 is 9.32 Å². The maximum Gasteiger partial charge on any atom is 0.241 e. The quantitative estimate of drug-likeness (QED) is 0.621. The third-order valence-corrected chi connectivity index (χ3v) is 5.58. The third-order valence-electron chi connectivity index (χ3n) is 4.92. The normalized spacial score (nSPS) is 15.3. The molecule has 0 radical (unpaired) electrons. The van der Waals surface area contributed by atoms with Gasteiger partial charge in [0.2, 0.25) is 17.6 Å². The van der Waals surface area contributed by atoms with Gasteiger partial charge in [-0.25, -0.2) is 0 Å². The average molecular weight is 446 g/mol. The number of benzene rings is 2. The highest BCUT2D eigenvalue weighted by Gasteiger charge is 2.21. The second kappa shape index (κ2) is 9.57. The number of piperazine rings is 1. The highest BCUT2D eigenvalue weighted by molar-refractivity contribution is 6.33. The van der Waals surface area contributed by atoms with Gasteiger partial charge in [0.05, 0.1) is 28.8 Å². The molecule has 2 aromatic carbocycles. The number of nitrogens with one attached hydrogen (secondary N) is 1. The van der Waals surface area contributed by atoms with Crippen molar-refractivity contribution in [2.45, 2.75) is 6.54 Å². The van der Waals surface area contributed by atoms with Crippen LogP contribution in [0.4, 0.5) is 5.69 Å². The van der Waals surface area contributed by atoms with Crippen LogP contribution in [0.1, 0.15) is 5.89 Å². The molecule has 0 atom stereocenters. The number of carbonyl (C=O) groups excluding carboxylic acids is 1. The second-order valence-electron chi connectivity index (χ2n) is 7.07. The summed E-state index contributed by atoms with van der Waals surface area (Å²) < 4.78 is 5.39. The minimum absolute atomic E-state index is 0.0715. The molecule has 1 aliphatic heterocycles. The van der Waals surface area contributed by atoms with Crippen molar-refractivity contribution >= 4 is 34.8 Å². The highest BCUT2D eigenvalue weighted by Crippen LogP contribution is 2.25. The van der Waals surface area contributed by atoms with Crippen LogP contribution in [0.2, 0.25) is 10.0 Å². The second-order valence-corrected chi connectivity index (χ2v) is 7.89. The first kappa shape index (κ1) is 20.8. The number of para-hydroxylation sites is 1. The maximum atomic E-state index is 12.3. The molecule has 2 heterocycles. The van der Waals surface area contributed by atoms with Crippen molar-refractivity contribution in [1.29, 1.82) is 0 Å². The van der Waals surface area contributed by atoms with Crippen LogP contribution in [-0.2, 0) is 11.3 Å². The molecule has 0 saturated carbocycles. The van der Waals surface area contributed by atoms with Gasteiger partial charge in [-0.1, -0.05) is 52.6 Å². The van der Waals surface area contributed by atoms with Crippen molar-refractivity contribution in [3.63, 3.8) is 0 Å². The first-order valence-corrected chi connectivity index (χ1v) is 10.4. The Balaban J connectivity index is 1.26. The van der Waals surface area contributed by atoms with E-state index in [4.69, 9.17) is 27.7 Å². The highest BCUT2D eigenvalue weighted by atomic mass is 35.5. The lowest BCUT2D eigenvalue weighted by atomic mass is 10.2. The van der Waals surface area contributed by atoms with Crippen LogP contribution in [-0.4, -0.2) is 58.6 Å². The van der Waals surface area contributed by atoms with Crippen molar-refractivity contribution in [2.75, 3.05) is 38.0 Å². The molecule has 7 nitrogen and oxygen atoms in total. The van der Waals surface area contributed by atoms with Crippen LogP contribution in [0.25, 0.3) is 11.4 Å². The molecule has 1 N–H and O–H groups in total. The number of halogens is 2. The lowest BCUT2D eigenvalue weighted by molar-refractivity contribution is -0.117. The van der Waals surface area contributed by atoms with Crippen molar-refractivity contribution in [3.05, 3.63) is 64.5 Å². The molecule has 0 bridgehead atoms. The van der Waals surface area contributed by atoms with Crippen LogP contribution in [0, 0.1) is 0 Å². The van der Waals surface area contributed by atoms with Crippen molar-refractivity contribution in [3.8, 4) is 11.4 Å². The number of hydrogen-bond donors (Lipinski definition) is 1. The van der Waals surface area contributed by atoms with E-state index in [0.717, 1.165) is 31.7 Å². The first-order valence-electron chi connectivity index (χ1n) is 9.65. The zero-order valence-electron chi connectivity index (χ0n) is 16.2. The molecule has 3 aromatic rings. The van der Waals surface area contributed by atoms with Gasteiger partial charge in [0, 0.05) is 31.7 Å². The van der Waals surface area contributed by atoms with E-state index in [0.29, 0.717) is 40.5 Å². The minimum atomic E-state index is -0.0715. The Bertz CT molecular complexity index is 1020. The standard InChI is InChI=1S/C21H21Cl2N5O2/c22-16-6-2-1-5-15(16)21-25-20(30-26-21)14-28-11-9-27(10-12-28)13-19(29)24-18-8-4-3-7-17(18)23/h1-8H,9-14H2,(H,24,29). The Kier molecular flexibility index (Phi) is 6.64. The van der Waals surface area contributed by atoms with Gasteiger partial charge < -0.3 is 9.84 Å². The molecule has 0 spiro atoms. The van der Waals surface area contributed by atoms with Gasteiger partial charge in [-0.2, -0.15) is 4.98 Å². The number of anilines is 1. The zero-order valence-corrected chi connectivity index (χ0v) is 17.7. The van der Waals surface area contributed by atoms with Gasteiger partial charge in [0.15, 0.2) is 0 Å².